The van der Waals surface area contributed by atoms with E-state index in [1.165, 1.54) is 19.9 Å². The topological polar surface area (TPSA) is 124 Å². The second kappa shape index (κ2) is 11.7. The van der Waals surface area contributed by atoms with Crippen molar-refractivity contribution in [3.05, 3.63) is 80.1 Å². The van der Waals surface area contributed by atoms with Gasteiger partial charge in [-0.05, 0) is 26.0 Å². The molecule has 0 atom stereocenters. The van der Waals surface area contributed by atoms with Gasteiger partial charge in [-0.1, -0.05) is 11.6 Å². The summed E-state index contributed by atoms with van der Waals surface area (Å²) in [5, 5.41) is 8.62. The average molecular weight is 577 g/mol. The second-order valence-corrected chi connectivity index (χ2v) is 8.25. The summed E-state index contributed by atoms with van der Waals surface area (Å²) in [5.74, 6) is -6.74. The quantitative estimate of drug-likeness (QED) is 0.336. The molecule has 10 nitrogen and oxygen atoms in total. The number of aliphatic hydroxyl groups excluding tert-OH is 1. The van der Waals surface area contributed by atoms with Gasteiger partial charge in [0, 0.05) is 35.2 Å². The molecule has 39 heavy (non-hydrogen) atoms. The third-order valence-corrected chi connectivity index (χ3v) is 5.41. The number of rotatable bonds is 7. The zero-order chi connectivity index (χ0) is 29.1. The number of nitrogens with zero attached hydrogens (tertiary/aromatic N) is 4. The van der Waals surface area contributed by atoms with Gasteiger partial charge in [-0.15, -0.1) is 5.06 Å². The van der Waals surface area contributed by atoms with Crippen molar-refractivity contribution in [3.63, 3.8) is 0 Å². The average Bonchev–Trinajstić information content (AvgIpc) is 2.86. The van der Waals surface area contributed by atoms with E-state index in [1.54, 1.807) is 0 Å². The number of benzene rings is 1. The first kappa shape index (κ1) is 29.4. The Balaban J connectivity index is 1.97. The van der Waals surface area contributed by atoms with Crippen LogP contribution >= 0.6 is 11.6 Å². The van der Waals surface area contributed by atoms with Gasteiger partial charge in [0.05, 0.1) is 6.54 Å². The van der Waals surface area contributed by atoms with Crippen molar-refractivity contribution in [2.24, 2.45) is 0 Å². The Hall–Kier alpha value is -4.11. The van der Waals surface area contributed by atoms with E-state index < -0.39 is 65.8 Å². The number of aryl methyl sites for hydroxylation is 2. The molecule has 2 heterocycles. The van der Waals surface area contributed by atoms with Crippen LogP contribution in [0.4, 0.5) is 27.8 Å². The molecule has 2 aromatic heterocycles. The van der Waals surface area contributed by atoms with E-state index in [0.29, 0.717) is 6.07 Å². The van der Waals surface area contributed by atoms with Crippen molar-refractivity contribution in [2.45, 2.75) is 33.2 Å². The Morgan fingerprint density at radius 3 is 2.46 bits per heavy atom. The number of alkyl halides is 3. The molecule has 208 valence electrons. The summed E-state index contributed by atoms with van der Waals surface area (Å²) in [7, 11) is 0. The standard InChI is InChI=1S/C23H18ClF5N4O6/c1-11-5-17(38-10-13-3-4-15(25)6-16(13)26)19(24)21(36)32(11)8-14-7-30-12(2)31-20(14)33(18(35)9-34)39-22(37)23(27,28)29/h3-7,34H,8-10H2,1-2H3. The molecule has 1 aromatic carbocycles. The minimum absolute atomic E-state index is 0.0159. The molecular weight excluding hydrogens is 559 g/mol. The molecule has 0 saturated heterocycles. The maximum Gasteiger partial charge on any atom is 0.493 e. The summed E-state index contributed by atoms with van der Waals surface area (Å²) >= 11 is 6.15. The number of pyridine rings is 1. The van der Waals surface area contributed by atoms with Crippen LogP contribution in [0.2, 0.25) is 5.02 Å². The van der Waals surface area contributed by atoms with E-state index in [-0.39, 0.29) is 33.5 Å². The Labute approximate surface area is 221 Å². The van der Waals surface area contributed by atoms with E-state index in [9.17, 15) is 41.4 Å². The lowest BCUT2D eigenvalue weighted by atomic mass is 10.2. The second-order valence-electron chi connectivity index (χ2n) is 7.87. The van der Waals surface area contributed by atoms with Crippen LogP contribution in [-0.4, -0.2) is 44.3 Å². The van der Waals surface area contributed by atoms with Crippen molar-refractivity contribution in [3.8, 4) is 5.75 Å². The first-order valence-corrected chi connectivity index (χ1v) is 11.1. The number of carbonyl (C=O) groups excluding carboxylic acids is 2. The van der Waals surface area contributed by atoms with Crippen LogP contribution in [0.3, 0.4) is 0 Å². The van der Waals surface area contributed by atoms with Gasteiger partial charge < -0.3 is 19.2 Å². The van der Waals surface area contributed by atoms with Gasteiger partial charge in [-0.2, -0.15) is 13.2 Å². The number of amides is 1. The van der Waals surface area contributed by atoms with Crippen LogP contribution in [0, 0.1) is 25.5 Å². The Morgan fingerprint density at radius 2 is 1.85 bits per heavy atom. The summed E-state index contributed by atoms with van der Waals surface area (Å²) in [4.78, 5) is 48.5. The van der Waals surface area contributed by atoms with Crippen molar-refractivity contribution in [2.75, 3.05) is 11.7 Å². The molecule has 3 rings (SSSR count). The minimum atomic E-state index is -5.48. The molecule has 0 fully saturated rings. The summed E-state index contributed by atoms with van der Waals surface area (Å²) in [6.45, 7) is 0.543. The largest absolute Gasteiger partial charge is 0.493 e. The van der Waals surface area contributed by atoms with Gasteiger partial charge in [0.1, 0.15) is 41.4 Å². The van der Waals surface area contributed by atoms with E-state index >= 15 is 0 Å². The van der Waals surface area contributed by atoms with E-state index in [0.717, 1.165) is 22.9 Å². The fourth-order valence-corrected chi connectivity index (χ4v) is 3.37. The van der Waals surface area contributed by atoms with Crippen LogP contribution in [0.1, 0.15) is 22.6 Å². The Bertz CT molecular complexity index is 1480. The molecule has 16 heteroatoms. The highest BCUT2D eigenvalue weighted by molar-refractivity contribution is 6.31. The van der Waals surface area contributed by atoms with Gasteiger partial charge in [-0.25, -0.2) is 23.5 Å². The van der Waals surface area contributed by atoms with Gasteiger partial charge in [0.2, 0.25) is 0 Å². The van der Waals surface area contributed by atoms with Crippen LogP contribution in [0.25, 0.3) is 0 Å². The molecule has 0 radical (unpaired) electrons. The maximum absolute atomic E-state index is 13.9. The molecule has 0 unspecified atom stereocenters. The van der Waals surface area contributed by atoms with Crippen LogP contribution in [0.5, 0.6) is 5.75 Å². The molecule has 0 aliphatic carbocycles. The van der Waals surface area contributed by atoms with Crippen molar-refractivity contribution < 1.29 is 46.2 Å². The lowest BCUT2D eigenvalue weighted by Gasteiger charge is -2.23. The van der Waals surface area contributed by atoms with E-state index in [1.807, 2.05) is 0 Å². The first-order chi connectivity index (χ1) is 18.2. The van der Waals surface area contributed by atoms with Crippen LogP contribution in [0.15, 0.2) is 35.3 Å². The van der Waals surface area contributed by atoms with Crippen molar-refractivity contribution in [1.82, 2.24) is 14.5 Å². The van der Waals surface area contributed by atoms with E-state index in [2.05, 4.69) is 14.8 Å². The van der Waals surface area contributed by atoms with Gasteiger partial charge in [-0.3, -0.25) is 9.59 Å². The van der Waals surface area contributed by atoms with Gasteiger partial charge >= 0.3 is 12.1 Å². The predicted octanol–water partition coefficient (Wildman–Crippen LogP) is 3.16. The summed E-state index contributed by atoms with van der Waals surface area (Å²) < 4.78 is 71.9. The van der Waals surface area contributed by atoms with Crippen molar-refractivity contribution in [1.29, 1.82) is 0 Å². The van der Waals surface area contributed by atoms with Crippen molar-refractivity contribution >= 4 is 29.3 Å². The zero-order valence-corrected chi connectivity index (χ0v) is 20.8. The number of aromatic nitrogens is 3. The molecular formula is C23H18ClF5N4O6. The third-order valence-electron chi connectivity index (χ3n) is 5.06. The number of hydroxylamine groups is 1. The highest BCUT2D eigenvalue weighted by atomic mass is 35.5. The molecule has 0 saturated carbocycles. The lowest BCUT2D eigenvalue weighted by Crippen LogP contribution is -2.41. The Morgan fingerprint density at radius 1 is 1.15 bits per heavy atom. The van der Waals surface area contributed by atoms with Gasteiger partial charge in [0.25, 0.3) is 11.5 Å². The summed E-state index contributed by atoms with van der Waals surface area (Å²) in [6.07, 6.45) is -4.41. The highest BCUT2D eigenvalue weighted by Gasteiger charge is 2.44. The molecule has 0 bridgehead atoms. The smallest absolute Gasteiger partial charge is 0.487 e. The molecule has 1 N–H and O–H groups in total. The maximum atomic E-state index is 13.9. The summed E-state index contributed by atoms with van der Waals surface area (Å²) in [6, 6.07) is 4.13. The van der Waals surface area contributed by atoms with E-state index in [4.69, 9.17) is 16.3 Å². The number of ether oxygens (including phenoxy) is 1. The summed E-state index contributed by atoms with van der Waals surface area (Å²) in [5.41, 5.74) is -0.846. The zero-order valence-electron chi connectivity index (χ0n) is 20.1. The predicted molar refractivity (Wildman–Crippen MR) is 124 cm³/mol. The third kappa shape index (κ3) is 6.86. The highest BCUT2D eigenvalue weighted by Crippen LogP contribution is 2.26. The molecule has 0 spiro atoms. The SMILES string of the molecule is Cc1ncc(Cn2c(C)cc(OCc3ccc(F)cc3F)c(Cl)c2=O)c(N(OC(=O)C(F)(F)F)C(=O)CO)n1. The normalized spacial score (nSPS) is 11.3. The fraction of sp³-hybridized carbons (Fsp3) is 0.261. The fourth-order valence-electron chi connectivity index (χ4n) is 3.16. The number of hydrogen-bond acceptors (Lipinski definition) is 8. The number of anilines is 1. The van der Waals surface area contributed by atoms with Crippen LogP contribution in [-0.2, 0) is 27.6 Å². The lowest BCUT2D eigenvalue weighted by molar-refractivity contribution is -0.202. The first-order valence-electron chi connectivity index (χ1n) is 10.7. The number of hydrogen-bond donors (Lipinski definition) is 1. The Kier molecular flexibility index (Phi) is 8.86. The van der Waals surface area contributed by atoms with Crippen LogP contribution < -0.4 is 15.4 Å². The minimum Gasteiger partial charge on any atom is -0.487 e. The monoisotopic (exact) mass is 576 g/mol. The molecule has 3 aromatic rings. The number of carbonyl (C=O) groups is 2. The molecule has 1 amide bonds. The number of halogens is 6. The molecule has 0 aliphatic rings. The van der Waals surface area contributed by atoms with Gasteiger partial charge in [0.15, 0.2) is 5.82 Å². The molecule has 0 aliphatic heterocycles. The number of aliphatic hydroxyl groups is 1.